The molecule has 3 heterocycles. The number of phosphoric ester groups is 1. The van der Waals surface area contributed by atoms with E-state index >= 15 is 0 Å². The van der Waals surface area contributed by atoms with E-state index in [1.807, 2.05) is 12.1 Å². The lowest BCUT2D eigenvalue weighted by molar-refractivity contribution is -0.0690. The Morgan fingerprint density at radius 2 is 1.60 bits per heavy atom. The number of aliphatic hydroxyl groups excluding tert-OH is 2. The highest BCUT2D eigenvalue weighted by atomic mass is 35.5. The summed E-state index contributed by atoms with van der Waals surface area (Å²) in [7, 11) is -3.39. The monoisotopic (exact) mass is 876 g/mol. The fourth-order valence-corrected chi connectivity index (χ4v) is 8.22. The summed E-state index contributed by atoms with van der Waals surface area (Å²) in [6.45, 7) is 1.54. The second-order valence-electron chi connectivity index (χ2n) is 15.2. The Kier molecular flexibility index (Phi) is 21.0. The van der Waals surface area contributed by atoms with Crippen LogP contribution in [0.5, 0.6) is 5.75 Å². The zero-order valence-electron chi connectivity index (χ0n) is 34.9. The number of hydrogen-bond donors (Lipinski definition) is 4. The minimum Gasteiger partial charge on any atom is -0.495 e. The molecule has 1 fully saturated rings. The Bertz CT molecular complexity index is 1890. The number of nitriles is 2. The van der Waals surface area contributed by atoms with Gasteiger partial charge < -0.3 is 39.8 Å². The van der Waals surface area contributed by atoms with Crippen LogP contribution >= 0.6 is 19.4 Å². The van der Waals surface area contributed by atoms with Crippen molar-refractivity contribution in [3.63, 3.8) is 0 Å². The maximum absolute atomic E-state index is 13.1. The summed E-state index contributed by atoms with van der Waals surface area (Å²) < 4.78 is 47.9. The van der Waals surface area contributed by atoms with Gasteiger partial charge in [-0.15, -0.1) is 0 Å². The number of fused-ring (bicyclic) bond motifs is 1. The number of hydrogen-bond acceptors (Lipinski definition) is 14. The Morgan fingerprint density at radius 1 is 0.967 bits per heavy atom. The molecule has 0 bridgehead atoms. The Hall–Kier alpha value is -3.38. The van der Waals surface area contributed by atoms with Crippen LogP contribution in [0, 0.1) is 22.7 Å². The molecule has 2 aromatic heterocycles. The average molecular weight is 877 g/mol. The molecule has 1 aliphatic rings. The highest BCUT2D eigenvalue weighted by Crippen LogP contribution is 2.46. The molecule has 0 amide bonds. The molecule has 1 saturated heterocycles. The molecule has 0 spiro atoms. The SMILES string of the molecule is CCCCCCCCCCCCCCCCCCOC[C@H](COP(=O)(O)OC[C@H]1O[C@@](C#N)(c2ccc3c(N)ncnn23)[C@H](O)[C@@H]1O)OCc1cc(C#N)c(Cl)c(OC)c1. The topological polar surface area (TPSA) is 237 Å². The third-order valence-electron chi connectivity index (χ3n) is 10.7. The van der Waals surface area contributed by atoms with E-state index in [0.717, 1.165) is 25.6 Å². The minimum absolute atomic E-state index is 0.0231. The van der Waals surface area contributed by atoms with Crippen LogP contribution in [0.4, 0.5) is 5.82 Å². The number of phosphoric acid groups is 1. The van der Waals surface area contributed by atoms with Crippen LogP contribution < -0.4 is 10.5 Å². The first-order valence-corrected chi connectivity index (χ1v) is 23.0. The fourth-order valence-electron chi connectivity index (χ4n) is 7.23. The van der Waals surface area contributed by atoms with Crippen molar-refractivity contribution < 1.29 is 47.7 Å². The second-order valence-corrected chi connectivity index (χ2v) is 17.1. The quantitative estimate of drug-likeness (QED) is 0.0371. The normalized spacial score (nSPS) is 20.5. The predicted octanol–water partition coefficient (Wildman–Crippen LogP) is 7.68. The van der Waals surface area contributed by atoms with Gasteiger partial charge in [0.2, 0.25) is 5.60 Å². The highest BCUT2D eigenvalue weighted by molar-refractivity contribution is 7.47. The van der Waals surface area contributed by atoms with Gasteiger partial charge in [-0.25, -0.2) is 14.1 Å². The first-order chi connectivity index (χ1) is 29.0. The summed E-state index contributed by atoms with van der Waals surface area (Å²) >= 11 is 6.24. The number of aromatic nitrogens is 3. The van der Waals surface area contributed by atoms with Crippen molar-refractivity contribution in [3.05, 3.63) is 52.4 Å². The molecule has 18 heteroatoms. The Balaban J connectivity index is 1.23. The van der Waals surface area contributed by atoms with E-state index < -0.39 is 51.1 Å². The summed E-state index contributed by atoms with van der Waals surface area (Å²) in [6.07, 6.45) is 15.5. The molecule has 0 aliphatic carbocycles. The maximum Gasteiger partial charge on any atom is 0.472 e. The maximum atomic E-state index is 13.1. The molecule has 5 N–H and O–H groups in total. The number of aliphatic hydroxyl groups is 2. The summed E-state index contributed by atoms with van der Waals surface area (Å²) in [6, 6.07) is 10.1. The van der Waals surface area contributed by atoms with Crippen LogP contribution in [-0.2, 0) is 40.0 Å². The van der Waals surface area contributed by atoms with Gasteiger partial charge >= 0.3 is 7.82 Å². The lowest BCUT2D eigenvalue weighted by atomic mass is 9.92. The van der Waals surface area contributed by atoms with E-state index in [1.165, 1.54) is 107 Å². The molecule has 1 aromatic carbocycles. The molecule has 60 heavy (non-hydrogen) atoms. The smallest absolute Gasteiger partial charge is 0.472 e. The number of halogens is 1. The summed E-state index contributed by atoms with van der Waals surface area (Å²) in [5.74, 6) is 0.405. The van der Waals surface area contributed by atoms with E-state index in [-0.39, 0.29) is 35.3 Å². The number of methoxy groups -OCH3 is 1. The lowest BCUT2D eigenvalue weighted by Gasteiger charge is -2.24. The van der Waals surface area contributed by atoms with E-state index in [2.05, 4.69) is 17.0 Å². The first-order valence-electron chi connectivity index (χ1n) is 21.1. The fraction of sp³-hybridized carbons (Fsp3) is 0.667. The summed E-state index contributed by atoms with van der Waals surface area (Å²) in [5.41, 5.74) is 4.95. The molecule has 4 rings (SSSR count). The highest BCUT2D eigenvalue weighted by Gasteiger charge is 2.58. The molecular formula is C42H62ClN6O10P. The number of unbranched alkanes of at least 4 members (excludes halogenated alkanes) is 15. The lowest BCUT2D eigenvalue weighted by Crippen LogP contribution is -2.41. The Labute approximate surface area is 358 Å². The Morgan fingerprint density at radius 3 is 2.20 bits per heavy atom. The number of benzene rings is 1. The molecule has 0 radical (unpaired) electrons. The van der Waals surface area contributed by atoms with Crippen LogP contribution in [0.25, 0.3) is 5.52 Å². The molecule has 0 saturated carbocycles. The third kappa shape index (κ3) is 14.3. The number of anilines is 1. The minimum atomic E-state index is -4.82. The van der Waals surface area contributed by atoms with Gasteiger partial charge in [-0.1, -0.05) is 115 Å². The van der Waals surface area contributed by atoms with Crippen molar-refractivity contribution in [2.45, 2.75) is 146 Å². The largest absolute Gasteiger partial charge is 0.495 e. The zero-order valence-corrected chi connectivity index (χ0v) is 36.5. The van der Waals surface area contributed by atoms with Gasteiger partial charge in [-0.05, 0) is 36.2 Å². The predicted molar refractivity (Wildman–Crippen MR) is 225 cm³/mol. The second kappa shape index (κ2) is 25.5. The molecule has 332 valence electrons. The number of nitrogens with two attached hydrogens (primary N) is 1. The van der Waals surface area contributed by atoms with Crippen molar-refractivity contribution in [2.24, 2.45) is 0 Å². The summed E-state index contributed by atoms with van der Waals surface area (Å²) in [5, 5.41) is 45.8. The molecule has 1 unspecified atom stereocenters. The molecule has 1 aliphatic heterocycles. The van der Waals surface area contributed by atoms with Crippen molar-refractivity contribution >= 4 is 30.8 Å². The van der Waals surface area contributed by atoms with E-state index in [0.29, 0.717) is 23.4 Å². The van der Waals surface area contributed by atoms with Crippen LogP contribution in [0.2, 0.25) is 5.02 Å². The van der Waals surface area contributed by atoms with Crippen LogP contribution in [-0.4, -0.2) is 87.7 Å². The molecular weight excluding hydrogens is 815 g/mol. The number of rotatable bonds is 30. The van der Waals surface area contributed by atoms with Gasteiger partial charge in [0.1, 0.15) is 59.2 Å². The van der Waals surface area contributed by atoms with E-state index in [4.69, 9.17) is 45.3 Å². The van der Waals surface area contributed by atoms with Crippen molar-refractivity contribution in [3.8, 4) is 17.9 Å². The van der Waals surface area contributed by atoms with Gasteiger partial charge in [0.25, 0.3) is 0 Å². The molecule has 3 aromatic rings. The zero-order chi connectivity index (χ0) is 43.4. The van der Waals surface area contributed by atoms with Crippen molar-refractivity contribution in [2.75, 3.05) is 39.3 Å². The van der Waals surface area contributed by atoms with Crippen molar-refractivity contribution in [1.29, 1.82) is 10.5 Å². The number of ether oxygens (including phenoxy) is 4. The van der Waals surface area contributed by atoms with Gasteiger partial charge in [0.15, 0.2) is 5.82 Å². The average Bonchev–Trinajstić information content (AvgIpc) is 3.79. The van der Waals surface area contributed by atoms with Gasteiger partial charge in [0.05, 0.1) is 44.8 Å². The van der Waals surface area contributed by atoms with E-state index in [1.54, 1.807) is 12.1 Å². The standard InChI is InChI=1S/C42H62ClN6O10P/c1-3-4-5-6-7-8-9-10-11-12-13-14-15-16-17-18-21-55-26-33(56-25-31-22-32(24-44)38(43)35(23-31)54-2)27-57-60(52,53)58-28-36-39(50)40(51)42(29-45,59-36)37-20-19-34-41(46)47-30-48-49(34)37/h19-20,22-23,30,33,36,39-40,50-51H,3-18,21,25-28H2,1-2H3,(H,52,53)(H2,46,47,48)/t33-,36-,39-,40-,42+/m1/s1. The van der Waals surface area contributed by atoms with Crippen LogP contribution in [0.3, 0.4) is 0 Å². The molecule has 6 atom stereocenters. The third-order valence-corrected chi connectivity index (χ3v) is 12.0. The van der Waals surface area contributed by atoms with Crippen LogP contribution in [0.1, 0.15) is 126 Å². The molecule has 16 nitrogen and oxygen atoms in total. The van der Waals surface area contributed by atoms with Crippen LogP contribution in [0.15, 0.2) is 30.6 Å². The first kappa shape index (κ1) is 49.3. The van der Waals surface area contributed by atoms with Crippen molar-refractivity contribution in [1.82, 2.24) is 14.6 Å². The van der Waals surface area contributed by atoms with Gasteiger partial charge in [-0.2, -0.15) is 15.6 Å². The summed E-state index contributed by atoms with van der Waals surface area (Å²) in [4.78, 5) is 14.6. The van der Waals surface area contributed by atoms with Gasteiger partial charge in [-0.3, -0.25) is 9.05 Å². The number of nitrogens with zero attached hydrogens (tertiary/aromatic N) is 5. The van der Waals surface area contributed by atoms with Gasteiger partial charge in [0, 0.05) is 6.61 Å². The number of nitrogen functional groups attached to an aromatic ring is 1. The van der Waals surface area contributed by atoms with E-state index in [9.17, 15) is 30.2 Å².